The molecule has 3 heteroatoms. The first-order chi connectivity index (χ1) is 6.74. The average Bonchev–Trinajstić information content (AvgIpc) is 2.19. The maximum absolute atomic E-state index is 11.1. The van der Waals surface area contributed by atoms with Crippen molar-refractivity contribution in [3.63, 3.8) is 0 Å². The number of halogens is 1. The quantitative estimate of drug-likeness (QED) is 0.487. The van der Waals surface area contributed by atoms with Gasteiger partial charge in [0.15, 0.2) is 0 Å². The minimum atomic E-state index is -0.291. The van der Waals surface area contributed by atoms with E-state index in [4.69, 9.17) is 4.74 Å². The van der Waals surface area contributed by atoms with E-state index in [0.717, 1.165) is 9.14 Å². The van der Waals surface area contributed by atoms with Crippen molar-refractivity contribution in [3.8, 4) is 0 Å². The molecule has 0 saturated carbocycles. The molecular formula is C11H11IO2. The molecule has 0 atom stereocenters. The molecule has 0 aliphatic heterocycles. The number of carbonyl (C=O) groups is 1. The summed E-state index contributed by atoms with van der Waals surface area (Å²) in [4.78, 5) is 11.1. The highest BCUT2D eigenvalue weighted by molar-refractivity contribution is 14.1. The van der Waals surface area contributed by atoms with Gasteiger partial charge in [0.1, 0.15) is 0 Å². The molecule has 0 bridgehead atoms. The standard InChI is InChI=1S/C11H11IO2/c1-2-14-11(13)8-10(12)9-6-4-3-5-7-9/h3-8H,2H2,1H3/b10-8+. The Morgan fingerprint density at radius 3 is 2.64 bits per heavy atom. The second-order valence-corrected chi connectivity index (χ2v) is 3.77. The summed E-state index contributed by atoms with van der Waals surface area (Å²) in [6.45, 7) is 2.20. The van der Waals surface area contributed by atoms with Gasteiger partial charge in [-0.3, -0.25) is 0 Å². The number of carbonyl (C=O) groups excluding carboxylic acids is 1. The van der Waals surface area contributed by atoms with Crippen molar-refractivity contribution in [1.29, 1.82) is 0 Å². The maximum atomic E-state index is 11.1. The van der Waals surface area contributed by atoms with Crippen molar-refractivity contribution in [2.24, 2.45) is 0 Å². The Bertz CT molecular complexity index is 330. The summed E-state index contributed by atoms with van der Waals surface area (Å²) >= 11 is 2.12. The molecule has 0 radical (unpaired) electrons. The third-order valence-electron chi connectivity index (χ3n) is 1.58. The molecule has 1 aromatic carbocycles. The number of ether oxygens (including phenoxy) is 1. The first kappa shape index (κ1) is 11.2. The van der Waals surface area contributed by atoms with Gasteiger partial charge in [-0.25, -0.2) is 4.79 Å². The van der Waals surface area contributed by atoms with E-state index in [1.54, 1.807) is 6.92 Å². The van der Waals surface area contributed by atoms with Crippen molar-refractivity contribution in [2.45, 2.75) is 6.92 Å². The summed E-state index contributed by atoms with van der Waals surface area (Å²) in [5.74, 6) is -0.291. The zero-order valence-corrected chi connectivity index (χ0v) is 10.0. The normalized spacial score (nSPS) is 11.1. The maximum Gasteiger partial charge on any atom is 0.331 e. The van der Waals surface area contributed by atoms with Crippen LogP contribution in [0, 0.1) is 0 Å². The van der Waals surface area contributed by atoms with Crippen LogP contribution in [0.25, 0.3) is 3.58 Å². The minimum Gasteiger partial charge on any atom is -0.463 e. The molecule has 1 aromatic rings. The van der Waals surface area contributed by atoms with Crippen molar-refractivity contribution in [3.05, 3.63) is 42.0 Å². The zero-order chi connectivity index (χ0) is 10.4. The van der Waals surface area contributed by atoms with Crippen LogP contribution in [0.15, 0.2) is 36.4 Å². The molecule has 1 rings (SSSR count). The molecular weight excluding hydrogens is 291 g/mol. The Balaban J connectivity index is 2.75. The molecule has 74 valence electrons. The largest absolute Gasteiger partial charge is 0.463 e. The monoisotopic (exact) mass is 302 g/mol. The van der Waals surface area contributed by atoms with Crippen LogP contribution in [0.4, 0.5) is 0 Å². The van der Waals surface area contributed by atoms with Crippen molar-refractivity contribution >= 4 is 32.1 Å². The van der Waals surface area contributed by atoms with Crippen molar-refractivity contribution < 1.29 is 9.53 Å². The molecule has 0 amide bonds. The van der Waals surface area contributed by atoms with E-state index in [1.165, 1.54) is 6.08 Å². The summed E-state index contributed by atoms with van der Waals surface area (Å²) in [5, 5.41) is 0. The molecule has 0 aromatic heterocycles. The Labute approximate surface area is 97.1 Å². The number of benzene rings is 1. The highest BCUT2D eigenvalue weighted by Crippen LogP contribution is 2.20. The minimum absolute atomic E-state index is 0.291. The lowest BCUT2D eigenvalue weighted by atomic mass is 10.2. The van der Waals surface area contributed by atoms with E-state index >= 15 is 0 Å². The zero-order valence-electron chi connectivity index (χ0n) is 7.87. The molecule has 0 N–H and O–H groups in total. The molecule has 0 saturated heterocycles. The van der Waals surface area contributed by atoms with Crippen LogP contribution in [0.1, 0.15) is 12.5 Å². The summed E-state index contributed by atoms with van der Waals surface area (Å²) in [6.07, 6.45) is 1.50. The highest BCUT2D eigenvalue weighted by Gasteiger charge is 2.00. The number of rotatable bonds is 3. The average molecular weight is 302 g/mol. The van der Waals surface area contributed by atoms with Crippen LogP contribution >= 0.6 is 22.6 Å². The van der Waals surface area contributed by atoms with Crippen molar-refractivity contribution in [1.82, 2.24) is 0 Å². The first-order valence-electron chi connectivity index (χ1n) is 4.33. The summed E-state index contributed by atoms with van der Waals surface area (Å²) in [6, 6.07) is 9.73. The Hall–Kier alpha value is -0.840. The highest BCUT2D eigenvalue weighted by atomic mass is 127. The predicted octanol–water partition coefficient (Wildman–Crippen LogP) is 3.03. The second-order valence-electron chi connectivity index (χ2n) is 2.61. The lowest BCUT2D eigenvalue weighted by Crippen LogP contribution is -1.99. The van der Waals surface area contributed by atoms with Crippen LogP contribution in [0.5, 0.6) is 0 Å². The summed E-state index contributed by atoms with van der Waals surface area (Å²) in [5.41, 5.74) is 1.03. The molecule has 0 spiro atoms. The fourth-order valence-corrected chi connectivity index (χ4v) is 1.58. The molecule has 14 heavy (non-hydrogen) atoms. The van der Waals surface area contributed by atoms with Gasteiger partial charge in [-0.2, -0.15) is 0 Å². The van der Waals surface area contributed by atoms with Crippen LogP contribution < -0.4 is 0 Å². The third kappa shape index (κ3) is 3.49. The predicted molar refractivity (Wildman–Crippen MR) is 65.1 cm³/mol. The van der Waals surface area contributed by atoms with Gasteiger partial charge in [0.25, 0.3) is 0 Å². The topological polar surface area (TPSA) is 26.3 Å². The summed E-state index contributed by atoms with van der Waals surface area (Å²) in [7, 11) is 0. The molecule has 0 aliphatic carbocycles. The fourth-order valence-electron chi connectivity index (χ4n) is 0.968. The van der Waals surface area contributed by atoms with Gasteiger partial charge in [0.05, 0.1) is 6.61 Å². The van der Waals surface area contributed by atoms with Crippen LogP contribution in [0.2, 0.25) is 0 Å². The van der Waals surface area contributed by atoms with Crippen LogP contribution in [0.3, 0.4) is 0 Å². The molecule has 0 aliphatic rings. The van der Waals surface area contributed by atoms with E-state index in [0.29, 0.717) is 6.61 Å². The Kier molecular flexibility index (Phi) is 4.65. The van der Waals surface area contributed by atoms with Gasteiger partial charge >= 0.3 is 5.97 Å². The van der Waals surface area contributed by atoms with Gasteiger partial charge in [-0.1, -0.05) is 30.3 Å². The summed E-state index contributed by atoms with van der Waals surface area (Å²) < 4.78 is 5.70. The smallest absolute Gasteiger partial charge is 0.331 e. The molecule has 0 heterocycles. The number of hydrogen-bond donors (Lipinski definition) is 0. The lowest BCUT2D eigenvalue weighted by molar-refractivity contribution is -0.137. The molecule has 2 nitrogen and oxygen atoms in total. The number of esters is 1. The third-order valence-corrected chi connectivity index (χ3v) is 2.51. The van der Waals surface area contributed by atoms with E-state index in [9.17, 15) is 4.79 Å². The second kappa shape index (κ2) is 5.80. The van der Waals surface area contributed by atoms with Crippen LogP contribution in [-0.2, 0) is 9.53 Å². The van der Waals surface area contributed by atoms with Gasteiger partial charge < -0.3 is 4.74 Å². The molecule has 0 fully saturated rings. The fraction of sp³-hybridized carbons (Fsp3) is 0.182. The van der Waals surface area contributed by atoms with E-state index < -0.39 is 0 Å². The van der Waals surface area contributed by atoms with Gasteiger partial charge in [-0.05, 0) is 35.1 Å². The van der Waals surface area contributed by atoms with E-state index in [2.05, 4.69) is 22.6 Å². The van der Waals surface area contributed by atoms with E-state index in [-0.39, 0.29) is 5.97 Å². The van der Waals surface area contributed by atoms with Crippen molar-refractivity contribution in [2.75, 3.05) is 6.61 Å². The van der Waals surface area contributed by atoms with Gasteiger partial charge in [0.2, 0.25) is 0 Å². The van der Waals surface area contributed by atoms with Gasteiger partial charge in [0, 0.05) is 9.66 Å². The van der Waals surface area contributed by atoms with E-state index in [1.807, 2.05) is 30.3 Å². The SMILES string of the molecule is CCOC(=O)/C=C(/I)c1ccccc1. The molecule has 0 unspecified atom stereocenters. The Morgan fingerprint density at radius 2 is 2.07 bits per heavy atom. The Morgan fingerprint density at radius 1 is 1.43 bits per heavy atom. The first-order valence-corrected chi connectivity index (χ1v) is 5.41. The van der Waals surface area contributed by atoms with Gasteiger partial charge in [-0.15, -0.1) is 0 Å². The van der Waals surface area contributed by atoms with Crippen LogP contribution in [-0.4, -0.2) is 12.6 Å². The lowest BCUT2D eigenvalue weighted by Gasteiger charge is -1.99. The number of hydrogen-bond acceptors (Lipinski definition) is 2.